The summed E-state index contributed by atoms with van der Waals surface area (Å²) in [4.78, 5) is 16.2. The molecule has 2 aromatic rings. The van der Waals surface area contributed by atoms with Crippen molar-refractivity contribution in [2.24, 2.45) is 0 Å². The van der Waals surface area contributed by atoms with Crippen LogP contribution in [0.2, 0.25) is 0 Å². The van der Waals surface area contributed by atoms with Crippen LogP contribution in [-0.4, -0.2) is 45.8 Å². The second kappa shape index (κ2) is 7.38. The van der Waals surface area contributed by atoms with Gasteiger partial charge in [0.1, 0.15) is 5.82 Å². The zero-order chi connectivity index (χ0) is 15.2. The molecule has 1 aromatic heterocycles. The maximum absolute atomic E-state index is 11.0. The zero-order valence-corrected chi connectivity index (χ0v) is 12.7. The molecule has 3 rings (SSSR count). The smallest absolute Gasteiger partial charge is 0.307 e. The summed E-state index contributed by atoms with van der Waals surface area (Å²) in [7, 11) is 0. The Morgan fingerprint density at radius 3 is 2.68 bits per heavy atom. The molecular formula is C16H23N5O. The normalized spacial score (nSPS) is 16.9. The van der Waals surface area contributed by atoms with E-state index in [9.17, 15) is 4.79 Å². The van der Waals surface area contributed by atoms with Crippen LogP contribution in [0.3, 0.4) is 0 Å². The highest BCUT2D eigenvalue weighted by molar-refractivity contribution is 5.14. The van der Waals surface area contributed by atoms with Gasteiger partial charge in [-0.2, -0.15) is 5.10 Å². The highest BCUT2D eigenvalue weighted by atomic mass is 16.1. The Bertz CT molecular complexity index is 613. The first-order valence-corrected chi connectivity index (χ1v) is 7.93. The SMILES string of the molecule is O=c1[nH]nc(CNC2CCN(CCc3ccccc3)CC2)[nH]1. The van der Waals surface area contributed by atoms with E-state index in [0.29, 0.717) is 18.4 Å². The molecule has 0 aliphatic carbocycles. The number of aromatic nitrogens is 3. The van der Waals surface area contributed by atoms with Crippen LogP contribution in [0.15, 0.2) is 35.1 Å². The molecule has 0 saturated carbocycles. The highest BCUT2D eigenvalue weighted by Gasteiger charge is 2.18. The fourth-order valence-corrected chi connectivity index (χ4v) is 2.92. The second-order valence-electron chi connectivity index (χ2n) is 5.86. The minimum Gasteiger partial charge on any atom is -0.307 e. The summed E-state index contributed by atoms with van der Waals surface area (Å²) in [5.74, 6) is 0.677. The number of benzene rings is 1. The van der Waals surface area contributed by atoms with Gasteiger partial charge in [0.2, 0.25) is 0 Å². The van der Waals surface area contributed by atoms with E-state index in [1.165, 1.54) is 5.56 Å². The molecule has 1 aliphatic heterocycles. The van der Waals surface area contributed by atoms with Crippen LogP contribution < -0.4 is 11.0 Å². The van der Waals surface area contributed by atoms with Gasteiger partial charge in [-0.15, -0.1) is 0 Å². The summed E-state index contributed by atoms with van der Waals surface area (Å²) in [5.41, 5.74) is 1.16. The lowest BCUT2D eigenvalue weighted by atomic mass is 10.0. The van der Waals surface area contributed by atoms with Crippen molar-refractivity contribution < 1.29 is 0 Å². The van der Waals surface area contributed by atoms with Crippen LogP contribution in [0.4, 0.5) is 0 Å². The topological polar surface area (TPSA) is 76.8 Å². The minimum atomic E-state index is -0.243. The quantitative estimate of drug-likeness (QED) is 0.741. The predicted molar refractivity (Wildman–Crippen MR) is 85.7 cm³/mol. The van der Waals surface area contributed by atoms with Crippen molar-refractivity contribution in [2.45, 2.75) is 31.8 Å². The van der Waals surface area contributed by atoms with Crippen molar-refractivity contribution in [2.75, 3.05) is 19.6 Å². The molecule has 2 heterocycles. The summed E-state index contributed by atoms with van der Waals surface area (Å²) in [6.45, 7) is 4.00. The molecule has 6 nitrogen and oxygen atoms in total. The third-order valence-corrected chi connectivity index (χ3v) is 4.26. The van der Waals surface area contributed by atoms with E-state index in [4.69, 9.17) is 0 Å². The Balaban J connectivity index is 1.36. The molecule has 0 radical (unpaired) electrons. The highest BCUT2D eigenvalue weighted by Crippen LogP contribution is 2.11. The van der Waals surface area contributed by atoms with E-state index in [0.717, 1.165) is 38.9 Å². The van der Waals surface area contributed by atoms with Gasteiger partial charge < -0.3 is 10.2 Å². The Labute approximate surface area is 129 Å². The van der Waals surface area contributed by atoms with Crippen molar-refractivity contribution in [3.05, 3.63) is 52.2 Å². The monoisotopic (exact) mass is 301 g/mol. The molecule has 0 bridgehead atoms. The summed E-state index contributed by atoms with van der Waals surface area (Å²) in [6, 6.07) is 11.2. The summed E-state index contributed by atoms with van der Waals surface area (Å²) < 4.78 is 0. The molecule has 118 valence electrons. The molecule has 0 amide bonds. The van der Waals surface area contributed by atoms with E-state index in [-0.39, 0.29) is 5.69 Å². The minimum absolute atomic E-state index is 0.243. The van der Waals surface area contributed by atoms with E-state index in [2.05, 4.69) is 55.7 Å². The lowest BCUT2D eigenvalue weighted by Crippen LogP contribution is -2.43. The predicted octanol–water partition coefficient (Wildman–Crippen LogP) is 0.895. The largest absolute Gasteiger partial charge is 0.340 e. The molecule has 0 atom stereocenters. The van der Waals surface area contributed by atoms with Gasteiger partial charge in [0.25, 0.3) is 0 Å². The number of piperidine rings is 1. The maximum atomic E-state index is 11.0. The van der Waals surface area contributed by atoms with Crippen LogP contribution in [0.1, 0.15) is 24.2 Å². The number of nitrogens with one attached hydrogen (secondary N) is 3. The summed E-state index contributed by atoms with van der Waals surface area (Å²) >= 11 is 0. The van der Waals surface area contributed by atoms with Crippen LogP contribution in [0.25, 0.3) is 0 Å². The van der Waals surface area contributed by atoms with Crippen LogP contribution >= 0.6 is 0 Å². The molecule has 0 unspecified atom stereocenters. The first-order chi connectivity index (χ1) is 10.8. The molecule has 1 aromatic carbocycles. The van der Waals surface area contributed by atoms with Gasteiger partial charge in [-0.1, -0.05) is 30.3 Å². The number of nitrogens with zero attached hydrogens (tertiary/aromatic N) is 2. The van der Waals surface area contributed by atoms with E-state index in [1.807, 2.05) is 0 Å². The first kappa shape index (κ1) is 15.0. The van der Waals surface area contributed by atoms with Gasteiger partial charge in [-0.3, -0.25) is 4.98 Å². The summed E-state index contributed by atoms with van der Waals surface area (Å²) in [6.07, 6.45) is 3.40. The number of aromatic amines is 2. The van der Waals surface area contributed by atoms with Crippen molar-refractivity contribution in [3.63, 3.8) is 0 Å². The number of hydrogen-bond acceptors (Lipinski definition) is 4. The van der Waals surface area contributed by atoms with E-state index in [1.54, 1.807) is 0 Å². The lowest BCUT2D eigenvalue weighted by molar-refractivity contribution is 0.198. The Morgan fingerprint density at radius 1 is 1.23 bits per heavy atom. The van der Waals surface area contributed by atoms with Crippen molar-refractivity contribution in [1.29, 1.82) is 0 Å². The van der Waals surface area contributed by atoms with Crippen LogP contribution in [0.5, 0.6) is 0 Å². The van der Waals surface area contributed by atoms with Gasteiger partial charge in [-0.25, -0.2) is 9.89 Å². The van der Waals surface area contributed by atoms with Crippen molar-refractivity contribution in [3.8, 4) is 0 Å². The fraction of sp³-hybridized carbons (Fsp3) is 0.500. The first-order valence-electron chi connectivity index (χ1n) is 7.93. The van der Waals surface area contributed by atoms with Crippen LogP contribution in [0, 0.1) is 0 Å². The molecule has 0 spiro atoms. The molecule has 1 aliphatic rings. The van der Waals surface area contributed by atoms with E-state index >= 15 is 0 Å². The third-order valence-electron chi connectivity index (χ3n) is 4.26. The zero-order valence-electron chi connectivity index (χ0n) is 12.7. The number of hydrogen-bond donors (Lipinski definition) is 3. The third kappa shape index (κ3) is 4.29. The average Bonchev–Trinajstić information content (AvgIpc) is 2.98. The second-order valence-corrected chi connectivity index (χ2v) is 5.86. The summed E-state index contributed by atoms with van der Waals surface area (Å²) in [5, 5.41) is 9.76. The van der Waals surface area contributed by atoms with Gasteiger partial charge in [0.05, 0.1) is 6.54 Å². The standard InChI is InChI=1S/C16H23N5O/c22-16-18-15(19-20-16)12-17-14-7-10-21(11-8-14)9-6-13-4-2-1-3-5-13/h1-5,14,17H,6-12H2,(H2,18,19,20,22). The van der Waals surface area contributed by atoms with Gasteiger partial charge in [0.15, 0.2) is 0 Å². The Kier molecular flexibility index (Phi) is 5.03. The number of likely N-dealkylation sites (tertiary alicyclic amines) is 1. The molecule has 6 heteroatoms. The number of H-pyrrole nitrogens is 2. The average molecular weight is 301 g/mol. The molecule has 1 saturated heterocycles. The molecular weight excluding hydrogens is 278 g/mol. The number of rotatable bonds is 6. The van der Waals surface area contributed by atoms with Gasteiger partial charge in [-0.05, 0) is 37.9 Å². The Hall–Kier alpha value is -1.92. The van der Waals surface area contributed by atoms with Crippen LogP contribution in [-0.2, 0) is 13.0 Å². The fourth-order valence-electron chi connectivity index (χ4n) is 2.92. The van der Waals surface area contributed by atoms with Gasteiger partial charge >= 0.3 is 5.69 Å². The van der Waals surface area contributed by atoms with E-state index < -0.39 is 0 Å². The maximum Gasteiger partial charge on any atom is 0.340 e. The molecule has 22 heavy (non-hydrogen) atoms. The van der Waals surface area contributed by atoms with Crippen molar-refractivity contribution >= 4 is 0 Å². The molecule has 1 fully saturated rings. The Morgan fingerprint density at radius 2 is 2.00 bits per heavy atom. The molecule has 3 N–H and O–H groups in total. The lowest BCUT2D eigenvalue weighted by Gasteiger charge is -2.32. The van der Waals surface area contributed by atoms with Gasteiger partial charge in [0, 0.05) is 12.6 Å². The van der Waals surface area contributed by atoms with Crippen molar-refractivity contribution in [1.82, 2.24) is 25.4 Å².